The number of piperazine rings is 1. The molecule has 5 nitrogen and oxygen atoms in total. The number of aliphatic hydroxyl groups is 1. The van der Waals surface area contributed by atoms with Gasteiger partial charge in [-0.25, -0.2) is 0 Å². The second kappa shape index (κ2) is 4.41. The number of nitrogens with zero attached hydrogens (tertiary/aromatic N) is 2. The molecule has 1 atom stereocenters. The molecular weight excluding hydrogens is 184 g/mol. The smallest absolute Gasteiger partial charge is 0.242 e. The third-order valence-corrected chi connectivity index (χ3v) is 2.29. The van der Waals surface area contributed by atoms with Gasteiger partial charge in [-0.1, -0.05) is 0 Å². The first-order valence-electron chi connectivity index (χ1n) is 4.70. The maximum absolute atomic E-state index is 11.4. The Bertz CT molecular complexity index is 240. The van der Waals surface area contributed by atoms with Gasteiger partial charge in [0.1, 0.15) is 0 Å². The number of rotatable bonds is 3. The van der Waals surface area contributed by atoms with Crippen LogP contribution in [0.5, 0.6) is 0 Å². The number of likely N-dealkylation sites (N-methyl/N-ethyl adjacent to an activating group) is 1. The van der Waals surface area contributed by atoms with E-state index < -0.39 is 6.10 Å². The highest BCUT2D eigenvalue weighted by atomic mass is 16.3. The normalized spacial score (nSPS) is 20.2. The van der Waals surface area contributed by atoms with E-state index in [2.05, 4.69) is 0 Å². The molecule has 0 saturated carbocycles. The second-order valence-electron chi connectivity index (χ2n) is 3.70. The van der Waals surface area contributed by atoms with Gasteiger partial charge in [-0.3, -0.25) is 9.59 Å². The summed E-state index contributed by atoms with van der Waals surface area (Å²) in [7, 11) is 1.62. The van der Waals surface area contributed by atoms with Crippen molar-refractivity contribution in [2.24, 2.45) is 0 Å². The van der Waals surface area contributed by atoms with Crippen molar-refractivity contribution in [1.82, 2.24) is 9.80 Å². The van der Waals surface area contributed by atoms with Crippen molar-refractivity contribution >= 4 is 11.8 Å². The van der Waals surface area contributed by atoms with Crippen LogP contribution in [0.15, 0.2) is 0 Å². The van der Waals surface area contributed by atoms with Gasteiger partial charge in [-0.05, 0) is 13.3 Å². The maximum atomic E-state index is 11.4. The average molecular weight is 200 g/mol. The van der Waals surface area contributed by atoms with Gasteiger partial charge in [0, 0.05) is 13.6 Å². The molecule has 5 heteroatoms. The molecule has 2 amide bonds. The fourth-order valence-electron chi connectivity index (χ4n) is 1.31. The lowest BCUT2D eigenvalue weighted by molar-refractivity contribution is -0.149. The van der Waals surface area contributed by atoms with Crippen molar-refractivity contribution in [3.63, 3.8) is 0 Å². The van der Waals surface area contributed by atoms with Gasteiger partial charge in [0.2, 0.25) is 11.8 Å². The Morgan fingerprint density at radius 1 is 1.36 bits per heavy atom. The minimum absolute atomic E-state index is 0.0461. The lowest BCUT2D eigenvalue weighted by atomic mass is 10.2. The third kappa shape index (κ3) is 2.70. The summed E-state index contributed by atoms with van der Waals surface area (Å²) < 4.78 is 0. The molecule has 1 unspecified atom stereocenters. The van der Waals surface area contributed by atoms with E-state index in [9.17, 15) is 9.59 Å². The molecule has 0 aromatic carbocycles. The lowest BCUT2D eigenvalue weighted by Crippen LogP contribution is -2.52. The molecule has 80 valence electrons. The molecule has 1 aliphatic rings. The molecule has 1 aliphatic heterocycles. The Labute approximate surface area is 83.3 Å². The van der Waals surface area contributed by atoms with Crippen LogP contribution < -0.4 is 0 Å². The summed E-state index contributed by atoms with van der Waals surface area (Å²) in [5, 5.41) is 9.05. The predicted molar refractivity (Wildman–Crippen MR) is 50.5 cm³/mol. The van der Waals surface area contributed by atoms with Gasteiger partial charge in [-0.15, -0.1) is 0 Å². The van der Waals surface area contributed by atoms with E-state index >= 15 is 0 Å². The standard InChI is InChI=1S/C9H16N2O3/c1-7(12)3-4-11-6-8(13)10(2)5-9(11)14/h7,12H,3-6H2,1-2H3. The van der Waals surface area contributed by atoms with Crippen LogP contribution in [0.4, 0.5) is 0 Å². The van der Waals surface area contributed by atoms with Crippen LogP contribution in [0.1, 0.15) is 13.3 Å². The number of aliphatic hydroxyl groups excluding tert-OH is 1. The first kappa shape index (κ1) is 11.0. The first-order chi connectivity index (χ1) is 6.50. The number of carbonyl (C=O) groups is 2. The summed E-state index contributed by atoms with van der Waals surface area (Å²) in [5.41, 5.74) is 0. The van der Waals surface area contributed by atoms with Crippen molar-refractivity contribution in [2.45, 2.75) is 19.4 Å². The molecular formula is C9H16N2O3. The highest BCUT2D eigenvalue weighted by Gasteiger charge is 2.26. The van der Waals surface area contributed by atoms with Crippen molar-refractivity contribution in [3.05, 3.63) is 0 Å². The van der Waals surface area contributed by atoms with Crippen LogP contribution in [0.25, 0.3) is 0 Å². The zero-order valence-corrected chi connectivity index (χ0v) is 8.56. The average Bonchev–Trinajstić information content (AvgIpc) is 2.09. The molecule has 0 radical (unpaired) electrons. The topological polar surface area (TPSA) is 60.9 Å². The Balaban J connectivity index is 2.45. The predicted octanol–water partition coefficient (Wildman–Crippen LogP) is -0.942. The van der Waals surface area contributed by atoms with Crippen LogP contribution in [-0.4, -0.2) is 59.5 Å². The van der Waals surface area contributed by atoms with E-state index in [1.54, 1.807) is 14.0 Å². The molecule has 1 fully saturated rings. The van der Waals surface area contributed by atoms with Gasteiger partial charge in [-0.2, -0.15) is 0 Å². The summed E-state index contributed by atoms with van der Waals surface area (Å²) in [6, 6.07) is 0. The Morgan fingerprint density at radius 3 is 2.57 bits per heavy atom. The van der Waals surface area contributed by atoms with Crippen LogP contribution in [-0.2, 0) is 9.59 Å². The minimum Gasteiger partial charge on any atom is -0.393 e. The van der Waals surface area contributed by atoms with E-state index in [1.807, 2.05) is 0 Å². The van der Waals surface area contributed by atoms with E-state index in [4.69, 9.17) is 5.11 Å². The summed E-state index contributed by atoms with van der Waals surface area (Å²) in [4.78, 5) is 25.6. The lowest BCUT2D eigenvalue weighted by Gasteiger charge is -2.31. The minimum atomic E-state index is -0.433. The molecule has 1 heterocycles. The summed E-state index contributed by atoms with van der Waals surface area (Å²) in [6.07, 6.45) is 0.0838. The van der Waals surface area contributed by atoms with Crippen molar-refractivity contribution in [3.8, 4) is 0 Å². The number of hydrogen-bond donors (Lipinski definition) is 1. The maximum Gasteiger partial charge on any atom is 0.242 e. The van der Waals surface area contributed by atoms with Gasteiger partial charge >= 0.3 is 0 Å². The van der Waals surface area contributed by atoms with E-state index in [-0.39, 0.29) is 24.9 Å². The van der Waals surface area contributed by atoms with Gasteiger partial charge < -0.3 is 14.9 Å². The van der Waals surface area contributed by atoms with Crippen LogP contribution in [0.3, 0.4) is 0 Å². The molecule has 0 aromatic heterocycles. The summed E-state index contributed by atoms with van der Waals surface area (Å²) >= 11 is 0. The Hall–Kier alpha value is -1.10. The number of carbonyl (C=O) groups excluding carboxylic acids is 2. The molecule has 1 saturated heterocycles. The van der Waals surface area contributed by atoms with E-state index in [1.165, 1.54) is 9.80 Å². The molecule has 0 aromatic rings. The van der Waals surface area contributed by atoms with Crippen molar-refractivity contribution < 1.29 is 14.7 Å². The van der Waals surface area contributed by atoms with Gasteiger partial charge in [0.05, 0.1) is 19.2 Å². The molecule has 14 heavy (non-hydrogen) atoms. The number of amides is 2. The van der Waals surface area contributed by atoms with Crippen molar-refractivity contribution in [2.75, 3.05) is 26.7 Å². The monoisotopic (exact) mass is 200 g/mol. The zero-order valence-electron chi connectivity index (χ0n) is 8.56. The largest absolute Gasteiger partial charge is 0.393 e. The molecule has 1 rings (SSSR count). The number of hydrogen-bond acceptors (Lipinski definition) is 3. The Kier molecular flexibility index (Phi) is 3.46. The fraction of sp³-hybridized carbons (Fsp3) is 0.778. The first-order valence-corrected chi connectivity index (χ1v) is 4.70. The zero-order chi connectivity index (χ0) is 10.7. The van der Waals surface area contributed by atoms with Crippen molar-refractivity contribution in [1.29, 1.82) is 0 Å². The van der Waals surface area contributed by atoms with Crippen LogP contribution >= 0.6 is 0 Å². The SMILES string of the molecule is CC(O)CCN1CC(=O)N(C)CC1=O. The molecule has 1 N–H and O–H groups in total. The quantitative estimate of drug-likeness (QED) is 0.639. The fourth-order valence-corrected chi connectivity index (χ4v) is 1.31. The second-order valence-corrected chi connectivity index (χ2v) is 3.70. The van der Waals surface area contributed by atoms with Gasteiger partial charge in [0.15, 0.2) is 0 Å². The van der Waals surface area contributed by atoms with E-state index in [0.29, 0.717) is 13.0 Å². The summed E-state index contributed by atoms with van der Waals surface area (Å²) in [5.74, 6) is -0.0945. The molecule has 0 aliphatic carbocycles. The Morgan fingerprint density at radius 2 is 2.00 bits per heavy atom. The van der Waals surface area contributed by atoms with Crippen LogP contribution in [0.2, 0.25) is 0 Å². The highest BCUT2D eigenvalue weighted by Crippen LogP contribution is 2.04. The molecule has 0 bridgehead atoms. The van der Waals surface area contributed by atoms with Crippen LogP contribution in [0, 0.1) is 0 Å². The highest BCUT2D eigenvalue weighted by molar-refractivity contribution is 5.92. The molecule has 0 spiro atoms. The summed E-state index contributed by atoms with van der Waals surface area (Å²) in [6.45, 7) is 2.42. The van der Waals surface area contributed by atoms with E-state index in [0.717, 1.165) is 0 Å². The third-order valence-electron chi connectivity index (χ3n) is 2.29. The van der Waals surface area contributed by atoms with Gasteiger partial charge in [0.25, 0.3) is 0 Å².